The lowest BCUT2D eigenvalue weighted by atomic mass is 9.91. The normalized spacial score (nSPS) is 21.8. The van der Waals surface area contributed by atoms with Crippen molar-refractivity contribution in [2.24, 2.45) is 0 Å². The standard InChI is InChI=1S/C18H26N2O2/c1-15(22-17-9-3-2-4-10-17)18(21)20-12-6-11-19(13-14-20)16-7-5-8-16/h2-4,9-10,15-16H,5-8,11-14H2,1H3. The van der Waals surface area contributed by atoms with E-state index >= 15 is 0 Å². The van der Waals surface area contributed by atoms with Crippen LogP contribution in [0.1, 0.15) is 32.6 Å². The molecule has 1 aromatic carbocycles. The number of hydrogen-bond acceptors (Lipinski definition) is 3. The Balaban J connectivity index is 1.52. The van der Waals surface area contributed by atoms with E-state index in [9.17, 15) is 4.79 Å². The maximum absolute atomic E-state index is 12.6. The maximum Gasteiger partial charge on any atom is 0.263 e. The van der Waals surface area contributed by atoms with Crippen LogP contribution in [0.3, 0.4) is 0 Å². The summed E-state index contributed by atoms with van der Waals surface area (Å²) in [5, 5.41) is 0. The molecule has 4 nitrogen and oxygen atoms in total. The van der Waals surface area contributed by atoms with Crippen molar-refractivity contribution in [2.45, 2.75) is 44.8 Å². The van der Waals surface area contributed by atoms with Crippen LogP contribution in [0, 0.1) is 0 Å². The van der Waals surface area contributed by atoms with Gasteiger partial charge in [-0.15, -0.1) is 0 Å². The minimum absolute atomic E-state index is 0.110. The summed E-state index contributed by atoms with van der Waals surface area (Å²) in [6.45, 7) is 5.67. The fraction of sp³-hybridized carbons (Fsp3) is 0.611. The van der Waals surface area contributed by atoms with Crippen LogP contribution >= 0.6 is 0 Å². The first-order valence-electron chi connectivity index (χ1n) is 8.48. The van der Waals surface area contributed by atoms with Gasteiger partial charge in [-0.2, -0.15) is 0 Å². The van der Waals surface area contributed by atoms with E-state index in [2.05, 4.69) is 4.90 Å². The first-order valence-corrected chi connectivity index (χ1v) is 8.48. The molecule has 4 heteroatoms. The largest absolute Gasteiger partial charge is 0.481 e. The first kappa shape index (κ1) is 15.3. The monoisotopic (exact) mass is 302 g/mol. The van der Waals surface area contributed by atoms with Gasteiger partial charge in [-0.3, -0.25) is 9.69 Å². The van der Waals surface area contributed by atoms with Crippen LogP contribution in [0.2, 0.25) is 0 Å². The zero-order chi connectivity index (χ0) is 15.4. The quantitative estimate of drug-likeness (QED) is 0.857. The lowest BCUT2D eigenvalue weighted by Gasteiger charge is -2.36. The molecule has 1 saturated carbocycles. The van der Waals surface area contributed by atoms with E-state index in [-0.39, 0.29) is 5.91 Å². The molecule has 1 atom stereocenters. The molecule has 120 valence electrons. The summed E-state index contributed by atoms with van der Waals surface area (Å²) in [7, 11) is 0. The highest BCUT2D eigenvalue weighted by Gasteiger charge is 2.29. The third-order valence-corrected chi connectivity index (χ3v) is 4.84. The molecule has 1 heterocycles. The van der Waals surface area contributed by atoms with E-state index in [0.717, 1.165) is 44.4 Å². The molecule has 1 saturated heterocycles. The SMILES string of the molecule is CC(Oc1ccccc1)C(=O)N1CCCN(C2CCC2)CC1. The first-order chi connectivity index (χ1) is 10.7. The van der Waals surface area contributed by atoms with Crippen molar-refractivity contribution in [1.82, 2.24) is 9.80 Å². The Bertz CT molecular complexity index is 487. The number of hydrogen-bond donors (Lipinski definition) is 0. The topological polar surface area (TPSA) is 32.8 Å². The lowest BCUT2D eigenvalue weighted by Crippen LogP contribution is -2.44. The van der Waals surface area contributed by atoms with Crippen LogP contribution in [0.4, 0.5) is 0 Å². The molecular weight excluding hydrogens is 276 g/mol. The molecule has 0 bridgehead atoms. The van der Waals surface area contributed by atoms with Gasteiger partial charge in [0, 0.05) is 32.2 Å². The second kappa shape index (κ2) is 7.14. The minimum Gasteiger partial charge on any atom is -0.481 e. The summed E-state index contributed by atoms with van der Waals surface area (Å²) in [5.74, 6) is 0.869. The predicted molar refractivity (Wildman–Crippen MR) is 86.9 cm³/mol. The van der Waals surface area contributed by atoms with Crippen molar-refractivity contribution in [3.8, 4) is 5.75 Å². The van der Waals surface area contributed by atoms with Gasteiger partial charge in [-0.25, -0.2) is 0 Å². The second-order valence-electron chi connectivity index (χ2n) is 6.37. The van der Waals surface area contributed by atoms with Gasteiger partial charge in [-0.05, 0) is 38.3 Å². The number of amides is 1. The lowest BCUT2D eigenvalue weighted by molar-refractivity contribution is -0.137. The minimum atomic E-state index is -0.419. The Morgan fingerprint density at radius 2 is 1.86 bits per heavy atom. The van der Waals surface area contributed by atoms with E-state index < -0.39 is 6.10 Å². The molecule has 2 aliphatic rings. The molecular formula is C18H26N2O2. The van der Waals surface area contributed by atoms with E-state index in [4.69, 9.17) is 4.74 Å². The van der Waals surface area contributed by atoms with Crippen molar-refractivity contribution in [2.75, 3.05) is 26.2 Å². The highest BCUT2D eigenvalue weighted by atomic mass is 16.5. The average molecular weight is 302 g/mol. The number of carbonyl (C=O) groups is 1. The van der Waals surface area contributed by atoms with Crippen molar-refractivity contribution in [3.05, 3.63) is 30.3 Å². The summed E-state index contributed by atoms with van der Waals surface area (Å²) in [6.07, 6.45) is 4.69. The molecule has 1 unspecified atom stereocenters. The summed E-state index contributed by atoms with van der Waals surface area (Å²) in [5.41, 5.74) is 0. The maximum atomic E-state index is 12.6. The van der Waals surface area contributed by atoms with Crippen molar-refractivity contribution >= 4 is 5.91 Å². The van der Waals surface area contributed by atoms with Crippen LogP contribution in [0.15, 0.2) is 30.3 Å². The van der Waals surface area contributed by atoms with Crippen molar-refractivity contribution in [3.63, 3.8) is 0 Å². The molecule has 1 aliphatic heterocycles. The molecule has 0 spiro atoms. The van der Waals surface area contributed by atoms with Gasteiger partial charge in [0.1, 0.15) is 5.75 Å². The fourth-order valence-corrected chi connectivity index (χ4v) is 3.29. The number of carbonyl (C=O) groups excluding carboxylic acids is 1. The van der Waals surface area contributed by atoms with Crippen LogP contribution < -0.4 is 4.74 Å². The van der Waals surface area contributed by atoms with Gasteiger partial charge in [0.05, 0.1) is 0 Å². The molecule has 2 fully saturated rings. The van der Waals surface area contributed by atoms with Gasteiger partial charge in [0.2, 0.25) is 0 Å². The Hall–Kier alpha value is -1.55. The number of para-hydroxylation sites is 1. The fourth-order valence-electron chi connectivity index (χ4n) is 3.29. The van der Waals surface area contributed by atoms with Gasteiger partial charge in [0.25, 0.3) is 5.91 Å². The summed E-state index contributed by atoms with van der Waals surface area (Å²) in [6, 6.07) is 10.4. The molecule has 0 radical (unpaired) electrons. The smallest absolute Gasteiger partial charge is 0.263 e. The molecule has 0 N–H and O–H groups in total. The average Bonchev–Trinajstić information content (AvgIpc) is 2.72. The van der Waals surface area contributed by atoms with E-state index in [1.807, 2.05) is 42.2 Å². The summed E-state index contributed by atoms with van der Waals surface area (Å²) < 4.78 is 5.77. The third-order valence-electron chi connectivity index (χ3n) is 4.84. The van der Waals surface area contributed by atoms with Gasteiger partial charge in [0.15, 0.2) is 6.10 Å². The third kappa shape index (κ3) is 3.61. The van der Waals surface area contributed by atoms with E-state index in [1.165, 1.54) is 19.3 Å². The predicted octanol–water partition coefficient (Wildman–Crippen LogP) is 2.54. The van der Waals surface area contributed by atoms with Gasteiger partial charge >= 0.3 is 0 Å². The Labute approximate surface area is 133 Å². The summed E-state index contributed by atoms with van der Waals surface area (Å²) in [4.78, 5) is 17.1. The van der Waals surface area contributed by atoms with E-state index in [1.54, 1.807) is 0 Å². The molecule has 1 aromatic rings. The van der Waals surface area contributed by atoms with Crippen LogP contribution in [-0.4, -0.2) is 54.0 Å². The van der Waals surface area contributed by atoms with Crippen LogP contribution in [0.25, 0.3) is 0 Å². The number of benzene rings is 1. The molecule has 22 heavy (non-hydrogen) atoms. The van der Waals surface area contributed by atoms with Crippen molar-refractivity contribution in [1.29, 1.82) is 0 Å². The number of ether oxygens (including phenoxy) is 1. The van der Waals surface area contributed by atoms with Crippen molar-refractivity contribution < 1.29 is 9.53 Å². The zero-order valence-corrected chi connectivity index (χ0v) is 13.4. The molecule has 1 amide bonds. The zero-order valence-electron chi connectivity index (χ0n) is 13.4. The molecule has 0 aromatic heterocycles. The van der Waals surface area contributed by atoms with Gasteiger partial charge < -0.3 is 9.64 Å². The highest BCUT2D eigenvalue weighted by molar-refractivity contribution is 5.81. The Morgan fingerprint density at radius 3 is 2.55 bits per heavy atom. The van der Waals surface area contributed by atoms with Crippen LogP contribution in [-0.2, 0) is 4.79 Å². The second-order valence-corrected chi connectivity index (χ2v) is 6.37. The van der Waals surface area contributed by atoms with E-state index in [0.29, 0.717) is 0 Å². The molecule has 3 rings (SSSR count). The number of rotatable bonds is 4. The Morgan fingerprint density at radius 1 is 1.09 bits per heavy atom. The molecule has 1 aliphatic carbocycles. The highest BCUT2D eigenvalue weighted by Crippen LogP contribution is 2.25. The Kier molecular flexibility index (Phi) is 4.98. The van der Waals surface area contributed by atoms with Crippen LogP contribution in [0.5, 0.6) is 5.75 Å². The van der Waals surface area contributed by atoms with Gasteiger partial charge in [-0.1, -0.05) is 24.6 Å². The summed E-state index contributed by atoms with van der Waals surface area (Å²) >= 11 is 0. The number of nitrogens with zero attached hydrogens (tertiary/aromatic N) is 2.